The number of benzene rings is 1. The van der Waals surface area contributed by atoms with Crippen LogP contribution in [-0.4, -0.2) is 46.2 Å². The Bertz CT molecular complexity index is 726. The molecule has 7 heteroatoms. The highest BCUT2D eigenvalue weighted by Crippen LogP contribution is 2.17. The van der Waals surface area contributed by atoms with E-state index in [9.17, 15) is 0 Å². The molecule has 1 N–H and O–H groups in total. The molecule has 0 saturated carbocycles. The molecule has 0 radical (unpaired) electrons. The van der Waals surface area contributed by atoms with Crippen molar-refractivity contribution in [1.82, 2.24) is 14.9 Å². The van der Waals surface area contributed by atoms with Gasteiger partial charge in [-0.15, -0.1) is 0 Å². The maximum absolute atomic E-state index is 5.56. The van der Waals surface area contributed by atoms with Gasteiger partial charge < -0.3 is 15.1 Å². The maximum atomic E-state index is 5.56. The Morgan fingerprint density at radius 2 is 1.75 bits per heavy atom. The molecule has 1 aromatic carbocycles. The van der Waals surface area contributed by atoms with E-state index in [0.29, 0.717) is 0 Å². The summed E-state index contributed by atoms with van der Waals surface area (Å²) in [6.45, 7) is 7.65. The molecule has 0 aliphatic carbocycles. The van der Waals surface area contributed by atoms with Crippen LogP contribution in [-0.2, 0) is 0 Å². The third-order valence-corrected chi connectivity index (χ3v) is 4.98. The predicted molar refractivity (Wildman–Crippen MR) is 106 cm³/mol. The largest absolute Gasteiger partial charge is 0.345 e. The molecule has 0 bridgehead atoms. The van der Waals surface area contributed by atoms with Crippen LogP contribution in [0.1, 0.15) is 11.1 Å². The molecule has 0 amide bonds. The third-order valence-electron chi connectivity index (χ3n) is 4.21. The number of halogens is 1. The molecule has 126 valence electrons. The Morgan fingerprint density at radius 1 is 1.08 bits per heavy atom. The summed E-state index contributed by atoms with van der Waals surface area (Å²) >= 11 is 8.93. The highest BCUT2D eigenvalue weighted by Gasteiger charge is 2.20. The minimum atomic E-state index is 0.769. The number of aromatic nitrogens is 2. The van der Waals surface area contributed by atoms with Crippen LogP contribution in [0.5, 0.6) is 0 Å². The van der Waals surface area contributed by atoms with E-state index in [1.807, 2.05) is 0 Å². The van der Waals surface area contributed by atoms with Crippen LogP contribution in [0, 0.1) is 13.8 Å². The van der Waals surface area contributed by atoms with Gasteiger partial charge in [0.1, 0.15) is 0 Å². The van der Waals surface area contributed by atoms with Gasteiger partial charge >= 0.3 is 0 Å². The standard InChI is InChI=1S/C17H20BrN5S/c1-12-3-4-15(9-13(12)2)21-17(24)23-7-5-22(6-8-23)16-19-10-14(18)11-20-16/h3-4,9-11H,5-8H2,1-2H3,(H,21,24). The number of nitrogens with zero attached hydrogens (tertiary/aromatic N) is 4. The predicted octanol–water partition coefficient (Wildman–Crippen LogP) is 3.37. The number of piperazine rings is 1. The van der Waals surface area contributed by atoms with Gasteiger partial charge in [-0.2, -0.15) is 0 Å². The minimum Gasteiger partial charge on any atom is -0.345 e. The first-order valence-electron chi connectivity index (χ1n) is 7.88. The number of hydrogen-bond donors (Lipinski definition) is 1. The van der Waals surface area contributed by atoms with Gasteiger partial charge in [0, 0.05) is 44.3 Å². The average molecular weight is 406 g/mol. The van der Waals surface area contributed by atoms with Crippen molar-refractivity contribution in [2.45, 2.75) is 13.8 Å². The van der Waals surface area contributed by atoms with E-state index in [1.54, 1.807) is 12.4 Å². The molecule has 2 heterocycles. The monoisotopic (exact) mass is 405 g/mol. The lowest BCUT2D eigenvalue weighted by molar-refractivity contribution is 0.388. The fourth-order valence-corrected chi connectivity index (χ4v) is 3.11. The molecule has 0 atom stereocenters. The second-order valence-corrected chi connectivity index (χ2v) is 7.21. The lowest BCUT2D eigenvalue weighted by Crippen LogP contribution is -2.50. The molecule has 1 aliphatic heterocycles. The van der Waals surface area contributed by atoms with Gasteiger partial charge in [0.15, 0.2) is 5.11 Å². The van der Waals surface area contributed by atoms with Crippen molar-refractivity contribution >= 4 is 44.9 Å². The number of aryl methyl sites for hydroxylation is 2. The Morgan fingerprint density at radius 3 is 2.38 bits per heavy atom. The highest BCUT2D eigenvalue weighted by molar-refractivity contribution is 9.10. The smallest absolute Gasteiger partial charge is 0.225 e. The molecule has 24 heavy (non-hydrogen) atoms. The molecule has 1 saturated heterocycles. The van der Waals surface area contributed by atoms with E-state index in [2.05, 4.69) is 73.1 Å². The average Bonchev–Trinajstić information content (AvgIpc) is 2.59. The first-order chi connectivity index (χ1) is 11.5. The summed E-state index contributed by atoms with van der Waals surface area (Å²) in [5, 5.41) is 4.12. The van der Waals surface area contributed by atoms with Crippen molar-refractivity contribution in [2.24, 2.45) is 0 Å². The summed E-state index contributed by atoms with van der Waals surface area (Å²) in [5.41, 5.74) is 3.59. The van der Waals surface area contributed by atoms with Crippen molar-refractivity contribution in [2.75, 3.05) is 36.4 Å². The Hall–Kier alpha value is -1.73. The Balaban J connectivity index is 1.56. The number of rotatable bonds is 2. The normalized spacial score (nSPS) is 14.6. The van der Waals surface area contributed by atoms with Gasteiger partial charge in [-0.25, -0.2) is 9.97 Å². The third kappa shape index (κ3) is 4.02. The number of anilines is 2. The van der Waals surface area contributed by atoms with Crippen molar-refractivity contribution in [3.8, 4) is 0 Å². The van der Waals surface area contributed by atoms with Gasteiger partial charge in [-0.3, -0.25) is 0 Å². The zero-order valence-corrected chi connectivity index (χ0v) is 16.2. The first-order valence-corrected chi connectivity index (χ1v) is 9.09. The van der Waals surface area contributed by atoms with Crippen molar-refractivity contribution in [3.05, 3.63) is 46.2 Å². The molecule has 2 aromatic rings. The lowest BCUT2D eigenvalue weighted by Gasteiger charge is -2.36. The van der Waals surface area contributed by atoms with Gasteiger partial charge in [0.25, 0.3) is 0 Å². The van der Waals surface area contributed by atoms with E-state index in [1.165, 1.54) is 11.1 Å². The SMILES string of the molecule is Cc1ccc(NC(=S)N2CCN(c3ncc(Br)cn3)CC2)cc1C. The van der Waals surface area contributed by atoms with Gasteiger partial charge in [0.2, 0.25) is 5.95 Å². The molecule has 3 rings (SSSR count). The quantitative estimate of drug-likeness (QED) is 0.772. The molecular weight excluding hydrogens is 386 g/mol. The summed E-state index contributed by atoms with van der Waals surface area (Å²) in [6.07, 6.45) is 3.56. The topological polar surface area (TPSA) is 44.3 Å². The zero-order valence-electron chi connectivity index (χ0n) is 13.8. The Labute approximate surface area is 156 Å². The fourth-order valence-electron chi connectivity index (χ4n) is 2.60. The van der Waals surface area contributed by atoms with Crippen LogP contribution in [0.15, 0.2) is 35.1 Å². The van der Waals surface area contributed by atoms with E-state index in [-0.39, 0.29) is 0 Å². The zero-order chi connectivity index (χ0) is 17.1. The summed E-state index contributed by atoms with van der Waals surface area (Å²) in [6, 6.07) is 6.32. The fraction of sp³-hybridized carbons (Fsp3) is 0.353. The van der Waals surface area contributed by atoms with Crippen LogP contribution in [0.4, 0.5) is 11.6 Å². The summed E-state index contributed by atoms with van der Waals surface area (Å²) < 4.78 is 0.892. The van der Waals surface area contributed by atoms with Crippen LogP contribution in [0.3, 0.4) is 0 Å². The van der Waals surface area contributed by atoms with Crippen molar-refractivity contribution in [1.29, 1.82) is 0 Å². The van der Waals surface area contributed by atoms with Crippen LogP contribution in [0.2, 0.25) is 0 Å². The summed E-state index contributed by atoms with van der Waals surface area (Å²) in [4.78, 5) is 13.1. The van der Waals surface area contributed by atoms with Crippen molar-refractivity contribution in [3.63, 3.8) is 0 Å². The molecule has 1 aromatic heterocycles. The molecular formula is C17H20BrN5S. The summed E-state index contributed by atoms with van der Waals surface area (Å²) in [5.74, 6) is 0.769. The maximum Gasteiger partial charge on any atom is 0.225 e. The summed E-state index contributed by atoms with van der Waals surface area (Å²) in [7, 11) is 0. The van der Waals surface area contributed by atoms with E-state index >= 15 is 0 Å². The highest BCUT2D eigenvalue weighted by atomic mass is 79.9. The van der Waals surface area contributed by atoms with E-state index in [0.717, 1.165) is 47.4 Å². The molecule has 5 nitrogen and oxygen atoms in total. The van der Waals surface area contributed by atoms with Gasteiger partial charge in [0.05, 0.1) is 4.47 Å². The number of hydrogen-bond acceptors (Lipinski definition) is 4. The van der Waals surface area contributed by atoms with Crippen molar-refractivity contribution < 1.29 is 0 Å². The van der Waals surface area contributed by atoms with E-state index in [4.69, 9.17) is 12.2 Å². The number of thiocarbonyl (C=S) groups is 1. The lowest BCUT2D eigenvalue weighted by atomic mass is 10.1. The number of nitrogens with one attached hydrogen (secondary N) is 1. The van der Waals surface area contributed by atoms with Crippen LogP contribution >= 0.6 is 28.1 Å². The van der Waals surface area contributed by atoms with Crippen LogP contribution in [0.25, 0.3) is 0 Å². The second-order valence-electron chi connectivity index (χ2n) is 5.90. The Kier molecular flexibility index (Phi) is 5.30. The van der Waals surface area contributed by atoms with Gasteiger partial charge in [-0.05, 0) is 65.3 Å². The molecule has 1 fully saturated rings. The molecule has 1 aliphatic rings. The minimum absolute atomic E-state index is 0.769. The van der Waals surface area contributed by atoms with Gasteiger partial charge in [-0.1, -0.05) is 6.07 Å². The van der Waals surface area contributed by atoms with Crippen LogP contribution < -0.4 is 10.2 Å². The molecule has 0 unspecified atom stereocenters. The second kappa shape index (κ2) is 7.44. The van der Waals surface area contributed by atoms with E-state index < -0.39 is 0 Å². The first kappa shape index (κ1) is 17.1. The molecule has 0 spiro atoms.